The van der Waals surface area contributed by atoms with Crippen molar-refractivity contribution in [2.75, 3.05) is 13.1 Å². The van der Waals surface area contributed by atoms with Crippen molar-refractivity contribution in [3.8, 4) is 0 Å². The summed E-state index contributed by atoms with van der Waals surface area (Å²) in [5, 5.41) is 6.40. The molecule has 2 unspecified atom stereocenters. The molecule has 1 amide bonds. The first-order valence-corrected chi connectivity index (χ1v) is 7.82. The second-order valence-corrected chi connectivity index (χ2v) is 6.13. The van der Waals surface area contributed by atoms with E-state index in [4.69, 9.17) is 0 Å². The Balaban J connectivity index is 1.81. The lowest BCUT2D eigenvalue weighted by atomic mass is 9.85. The summed E-state index contributed by atoms with van der Waals surface area (Å²) in [6.45, 7) is 6.19. The number of hydrogen-bond donors (Lipinski definition) is 2. The number of amides is 1. The molecule has 0 aliphatic carbocycles. The lowest BCUT2D eigenvalue weighted by Crippen LogP contribution is -2.36. The third-order valence-electron chi connectivity index (χ3n) is 4.39. The van der Waals surface area contributed by atoms with Gasteiger partial charge in [-0.1, -0.05) is 19.1 Å². The molecule has 1 aliphatic heterocycles. The Morgan fingerprint density at radius 1 is 1.38 bits per heavy atom. The number of hydrogen-bond acceptors (Lipinski definition) is 2. The van der Waals surface area contributed by atoms with Crippen molar-refractivity contribution in [1.29, 1.82) is 0 Å². The number of nitrogens with one attached hydrogen (secondary N) is 2. The Morgan fingerprint density at radius 2 is 2.10 bits per heavy atom. The molecule has 1 aromatic rings. The molecule has 1 saturated heterocycles. The molecule has 0 aromatic heterocycles. The summed E-state index contributed by atoms with van der Waals surface area (Å²) in [7, 11) is 0. The fraction of sp³-hybridized carbons (Fsp3) is 0.588. The first-order valence-electron chi connectivity index (χ1n) is 7.82. The van der Waals surface area contributed by atoms with E-state index in [1.165, 1.54) is 25.0 Å². The van der Waals surface area contributed by atoms with E-state index in [0.717, 1.165) is 18.7 Å². The fourth-order valence-electron chi connectivity index (χ4n) is 2.96. The van der Waals surface area contributed by atoms with Gasteiger partial charge in [-0.2, -0.15) is 0 Å². The van der Waals surface area contributed by atoms with Crippen LogP contribution < -0.4 is 10.6 Å². The van der Waals surface area contributed by atoms with Crippen LogP contribution in [0.5, 0.6) is 0 Å². The fourth-order valence-corrected chi connectivity index (χ4v) is 2.96. The third-order valence-corrected chi connectivity index (χ3v) is 4.39. The summed E-state index contributed by atoms with van der Waals surface area (Å²) in [4.78, 5) is 12.1. The highest BCUT2D eigenvalue weighted by Gasteiger charge is 2.22. The summed E-state index contributed by atoms with van der Waals surface area (Å²) in [6, 6.07) is 6.20. The monoisotopic (exact) mass is 292 g/mol. The summed E-state index contributed by atoms with van der Waals surface area (Å²) in [5.41, 5.74) is 0.928. The van der Waals surface area contributed by atoms with Gasteiger partial charge in [0.05, 0.1) is 6.04 Å². The number of carbonyl (C=O) groups excluding carboxylic acids is 1. The van der Waals surface area contributed by atoms with Crippen molar-refractivity contribution in [1.82, 2.24) is 10.6 Å². The highest BCUT2D eigenvalue weighted by atomic mass is 19.1. The summed E-state index contributed by atoms with van der Waals surface area (Å²) >= 11 is 0. The van der Waals surface area contributed by atoms with E-state index in [1.807, 2.05) is 6.92 Å². The molecule has 3 nitrogen and oxygen atoms in total. The van der Waals surface area contributed by atoms with Crippen molar-refractivity contribution in [3.63, 3.8) is 0 Å². The number of carbonyl (C=O) groups is 1. The van der Waals surface area contributed by atoms with Crippen LogP contribution in [0.3, 0.4) is 0 Å². The maximum absolute atomic E-state index is 12.9. The minimum atomic E-state index is -0.254. The van der Waals surface area contributed by atoms with E-state index in [9.17, 15) is 9.18 Å². The Hall–Kier alpha value is -1.42. The van der Waals surface area contributed by atoms with E-state index in [0.29, 0.717) is 18.3 Å². The first kappa shape index (κ1) is 16.0. The summed E-state index contributed by atoms with van der Waals surface area (Å²) in [5.74, 6) is 0.796. The van der Waals surface area contributed by atoms with Gasteiger partial charge in [0.2, 0.25) is 5.91 Å². The lowest BCUT2D eigenvalue weighted by molar-refractivity contribution is -0.123. The van der Waals surface area contributed by atoms with E-state index in [-0.39, 0.29) is 17.8 Å². The van der Waals surface area contributed by atoms with Crippen LogP contribution in [0.25, 0.3) is 0 Å². The van der Waals surface area contributed by atoms with Crippen LogP contribution in [-0.4, -0.2) is 19.0 Å². The molecule has 2 rings (SSSR count). The molecular formula is C17H25FN2O. The van der Waals surface area contributed by atoms with Crippen molar-refractivity contribution >= 4 is 5.91 Å². The molecule has 3 atom stereocenters. The van der Waals surface area contributed by atoms with Crippen LogP contribution in [0, 0.1) is 17.7 Å². The molecule has 1 heterocycles. The molecule has 1 fully saturated rings. The van der Waals surface area contributed by atoms with Crippen LogP contribution in [0.4, 0.5) is 4.39 Å². The average Bonchev–Trinajstić information content (AvgIpc) is 2.48. The molecule has 1 aliphatic rings. The summed E-state index contributed by atoms with van der Waals surface area (Å²) < 4.78 is 12.9. The van der Waals surface area contributed by atoms with E-state index >= 15 is 0 Å². The predicted octanol–water partition coefficient (Wildman–Crippen LogP) is 3.03. The van der Waals surface area contributed by atoms with Crippen molar-refractivity contribution in [2.24, 2.45) is 11.8 Å². The number of rotatable bonds is 5. The highest BCUT2D eigenvalue weighted by Crippen LogP contribution is 2.23. The smallest absolute Gasteiger partial charge is 0.220 e. The first-order chi connectivity index (χ1) is 10.1. The zero-order chi connectivity index (χ0) is 15.2. The Bertz CT molecular complexity index is 454. The molecule has 1 aromatic carbocycles. The van der Waals surface area contributed by atoms with Crippen LogP contribution in [0.1, 0.15) is 44.7 Å². The third kappa shape index (κ3) is 4.81. The van der Waals surface area contributed by atoms with Crippen LogP contribution in [-0.2, 0) is 4.79 Å². The van der Waals surface area contributed by atoms with E-state index < -0.39 is 0 Å². The number of benzene rings is 1. The highest BCUT2D eigenvalue weighted by molar-refractivity contribution is 5.76. The predicted molar refractivity (Wildman–Crippen MR) is 82.3 cm³/mol. The zero-order valence-corrected chi connectivity index (χ0v) is 12.9. The maximum atomic E-state index is 12.9. The van der Waals surface area contributed by atoms with Gasteiger partial charge in [0.1, 0.15) is 5.82 Å². The molecule has 4 heteroatoms. The van der Waals surface area contributed by atoms with Gasteiger partial charge in [0.25, 0.3) is 0 Å². The van der Waals surface area contributed by atoms with Gasteiger partial charge in [-0.15, -0.1) is 0 Å². The molecule has 116 valence electrons. The van der Waals surface area contributed by atoms with Gasteiger partial charge in [-0.05, 0) is 62.4 Å². The van der Waals surface area contributed by atoms with Gasteiger partial charge in [0.15, 0.2) is 0 Å². The van der Waals surface area contributed by atoms with Gasteiger partial charge < -0.3 is 10.6 Å². The molecule has 2 N–H and O–H groups in total. The quantitative estimate of drug-likeness (QED) is 0.876. The van der Waals surface area contributed by atoms with Gasteiger partial charge in [-0.25, -0.2) is 4.39 Å². The molecular weight excluding hydrogens is 267 g/mol. The van der Waals surface area contributed by atoms with Crippen molar-refractivity contribution < 1.29 is 9.18 Å². The molecule has 0 spiro atoms. The second kappa shape index (κ2) is 7.55. The molecule has 21 heavy (non-hydrogen) atoms. The normalized spacial score (nSPS) is 21.6. The number of halogens is 1. The zero-order valence-electron chi connectivity index (χ0n) is 12.9. The van der Waals surface area contributed by atoms with Crippen LogP contribution >= 0.6 is 0 Å². The molecule has 0 saturated carbocycles. The Kier molecular flexibility index (Phi) is 5.74. The largest absolute Gasteiger partial charge is 0.350 e. The minimum absolute atomic E-state index is 0.0740. The average molecular weight is 292 g/mol. The van der Waals surface area contributed by atoms with Crippen molar-refractivity contribution in [2.45, 2.75) is 39.2 Å². The number of piperidine rings is 1. The van der Waals surface area contributed by atoms with Crippen LogP contribution in [0.2, 0.25) is 0 Å². The van der Waals surface area contributed by atoms with Gasteiger partial charge in [0, 0.05) is 6.42 Å². The van der Waals surface area contributed by atoms with E-state index in [1.54, 1.807) is 12.1 Å². The Labute approximate surface area is 126 Å². The second-order valence-electron chi connectivity index (χ2n) is 6.13. The molecule has 0 radical (unpaired) electrons. The SMILES string of the molecule is CC(CC(=O)N[C@H](C)c1ccc(F)cc1)C1CCCNC1. The van der Waals surface area contributed by atoms with Crippen LogP contribution in [0.15, 0.2) is 24.3 Å². The Morgan fingerprint density at radius 3 is 2.71 bits per heavy atom. The molecule has 0 bridgehead atoms. The van der Waals surface area contributed by atoms with Crippen molar-refractivity contribution in [3.05, 3.63) is 35.6 Å². The van der Waals surface area contributed by atoms with E-state index in [2.05, 4.69) is 17.6 Å². The van der Waals surface area contributed by atoms with Gasteiger partial charge >= 0.3 is 0 Å². The topological polar surface area (TPSA) is 41.1 Å². The standard InChI is InChI=1S/C17H25FN2O/c1-12(15-4-3-9-19-11-15)10-17(21)20-13(2)14-5-7-16(18)8-6-14/h5-8,12-13,15,19H,3-4,9-11H2,1-2H3,(H,20,21)/t12?,13-,15?/m1/s1. The van der Waals surface area contributed by atoms with Gasteiger partial charge in [-0.3, -0.25) is 4.79 Å². The maximum Gasteiger partial charge on any atom is 0.220 e. The summed E-state index contributed by atoms with van der Waals surface area (Å²) in [6.07, 6.45) is 2.95. The minimum Gasteiger partial charge on any atom is -0.350 e. The lowest BCUT2D eigenvalue weighted by Gasteiger charge is -2.28.